The lowest BCUT2D eigenvalue weighted by Crippen LogP contribution is -2.09. The molecule has 0 unspecified atom stereocenters. The molecular weight excluding hydrogens is 312 g/mol. The first-order chi connectivity index (χ1) is 9.08. The predicted molar refractivity (Wildman–Crippen MR) is 73.9 cm³/mol. The lowest BCUT2D eigenvalue weighted by Gasteiger charge is -2.07. The summed E-state index contributed by atoms with van der Waals surface area (Å²) in [7, 11) is 4.79. The smallest absolute Gasteiger partial charge is 0.214 e. The highest BCUT2D eigenvalue weighted by molar-refractivity contribution is 9.10. The monoisotopic (exact) mass is 324 g/mol. The zero-order chi connectivity index (χ0) is 14.0. The molecule has 2 aromatic rings. The molecule has 0 bridgehead atoms. The number of methoxy groups -OCH3 is 2. The van der Waals surface area contributed by atoms with Crippen molar-refractivity contribution in [3.63, 3.8) is 0 Å². The molecule has 0 N–H and O–H groups in total. The van der Waals surface area contributed by atoms with Gasteiger partial charge in [-0.05, 0) is 34.1 Å². The molecule has 1 aromatic carbocycles. The number of carbonyl (C=O) groups is 1. The maximum Gasteiger partial charge on any atom is 0.214 e. The Morgan fingerprint density at radius 2 is 1.95 bits per heavy atom. The minimum Gasteiger partial charge on any atom is -0.496 e. The van der Waals surface area contributed by atoms with Gasteiger partial charge in [-0.1, -0.05) is 0 Å². The molecule has 1 heterocycles. The summed E-state index contributed by atoms with van der Waals surface area (Å²) in [5, 5.41) is 4.02. The van der Waals surface area contributed by atoms with E-state index in [-0.39, 0.29) is 5.78 Å². The van der Waals surface area contributed by atoms with E-state index in [0.717, 1.165) is 4.47 Å². The van der Waals surface area contributed by atoms with E-state index in [2.05, 4.69) is 21.0 Å². The van der Waals surface area contributed by atoms with Gasteiger partial charge >= 0.3 is 0 Å². The molecule has 6 heteroatoms. The number of ketones is 1. The zero-order valence-corrected chi connectivity index (χ0v) is 12.4. The molecule has 0 fully saturated rings. The van der Waals surface area contributed by atoms with Crippen LogP contribution in [-0.4, -0.2) is 29.8 Å². The van der Waals surface area contributed by atoms with E-state index in [9.17, 15) is 4.79 Å². The molecule has 0 aliphatic rings. The van der Waals surface area contributed by atoms with Crippen LogP contribution in [0, 0.1) is 0 Å². The van der Waals surface area contributed by atoms with E-state index in [4.69, 9.17) is 9.47 Å². The van der Waals surface area contributed by atoms with E-state index in [1.54, 1.807) is 32.4 Å². The molecule has 0 amide bonds. The normalized spacial score (nSPS) is 10.3. The van der Waals surface area contributed by atoms with Crippen LogP contribution in [0.1, 0.15) is 16.1 Å². The van der Waals surface area contributed by atoms with Crippen LogP contribution in [0.25, 0.3) is 0 Å². The number of nitrogens with zero attached hydrogens (tertiary/aromatic N) is 2. The molecule has 5 nitrogen and oxygen atoms in total. The minimum absolute atomic E-state index is 0.153. The average molecular weight is 325 g/mol. The number of benzene rings is 1. The van der Waals surface area contributed by atoms with Crippen molar-refractivity contribution < 1.29 is 14.3 Å². The lowest BCUT2D eigenvalue weighted by molar-refractivity contribution is 0.102. The summed E-state index contributed by atoms with van der Waals surface area (Å²) in [4.78, 5) is 12.5. The van der Waals surface area contributed by atoms with Crippen LogP contribution in [-0.2, 0) is 7.05 Å². The average Bonchev–Trinajstić information content (AvgIpc) is 2.78. The molecular formula is C13H13BrN2O3. The Labute approximate surface area is 119 Å². The molecule has 0 saturated heterocycles. The third-order valence-corrected chi connectivity index (χ3v) is 3.37. The van der Waals surface area contributed by atoms with E-state index >= 15 is 0 Å². The van der Waals surface area contributed by atoms with Crippen LogP contribution in [0.2, 0.25) is 0 Å². The highest BCUT2D eigenvalue weighted by Gasteiger charge is 2.20. The maximum atomic E-state index is 12.5. The van der Waals surface area contributed by atoms with Crippen molar-refractivity contribution in [3.8, 4) is 11.5 Å². The highest BCUT2D eigenvalue weighted by atomic mass is 79.9. The Morgan fingerprint density at radius 3 is 2.53 bits per heavy atom. The Bertz CT molecular complexity index is 622. The molecule has 0 radical (unpaired) electrons. The molecule has 0 spiro atoms. The van der Waals surface area contributed by atoms with E-state index < -0.39 is 0 Å². The highest BCUT2D eigenvalue weighted by Crippen LogP contribution is 2.28. The Morgan fingerprint density at radius 1 is 1.26 bits per heavy atom. The third-order valence-electron chi connectivity index (χ3n) is 2.75. The summed E-state index contributed by atoms with van der Waals surface area (Å²) in [5.74, 6) is 0.980. The summed E-state index contributed by atoms with van der Waals surface area (Å²) in [6.07, 6.45) is 1.52. The number of rotatable bonds is 4. The number of carbonyl (C=O) groups excluding carboxylic acids is 1. The molecule has 0 atom stereocenters. The van der Waals surface area contributed by atoms with Crippen LogP contribution >= 0.6 is 15.9 Å². The van der Waals surface area contributed by atoms with Gasteiger partial charge in [0.15, 0.2) is 11.4 Å². The second-order valence-electron chi connectivity index (χ2n) is 3.86. The van der Waals surface area contributed by atoms with Crippen LogP contribution in [0.15, 0.2) is 28.9 Å². The zero-order valence-electron chi connectivity index (χ0n) is 10.8. The fourth-order valence-corrected chi connectivity index (χ4v) is 2.31. The van der Waals surface area contributed by atoms with Gasteiger partial charge < -0.3 is 9.47 Å². The van der Waals surface area contributed by atoms with Crippen molar-refractivity contribution in [2.24, 2.45) is 7.05 Å². The Balaban J connectivity index is 2.44. The first-order valence-corrected chi connectivity index (χ1v) is 6.32. The van der Waals surface area contributed by atoms with Crippen LogP contribution in [0.3, 0.4) is 0 Å². The summed E-state index contributed by atoms with van der Waals surface area (Å²) >= 11 is 3.36. The van der Waals surface area contributed by atoms with Gasteiger partial charge in [-0.25, -0.2) is 0 Å². The van der Waals surface area contributed by atoms with Crippen LogP contribution in [0.4, 0.5) is 0 Å². The molecule has 0 saturated carbocycles. The molecule has 2 rings (SSSR count). The summed E-state index contributed by atoms with van der Waals surface area (Å²) in [6, 6.07) is 5.16. The van der Waals surface area contributed by atoms with E-state index in [1.165, 1.54) is 18.0 Å². The third kappa shape index (κ3) is 2.49. The second-order valence-corrected chi connectivity index (χ2v) is 4.72. The standard InChI is InChI=1S/C13H13BrN2O3/c1-16-12(11(19-3)7-15-16)13(17)8-4-5-10(18-2)9(14)6-8/h4-7H,1-3H3. The van der Waals surface area contributed by atoms with Crippen molar-refractivity contribution in [2.45, 2.75) is 0 Å². The van der Waals surface area contributed by atoms with Gasteiger partial charge in [-0.15, -0.1) is 0 Å². The second kappa shape index (κ2) is 5.44. The molecule has 100 valence electrons. The first-order valence-electron chi connectivity index (χ1n) is 5.52. The lowest BCUT2D eigenvalue weighted by atomic mass is 10.1. The topological polar surface area (TPSA) is 53.4 Å². The van der Waals surface area contributed by atoms with Gasteiger partial charge in [0.2, 0.25) is 5.78 Å². The first kappa shape index (κ1) is 13.6. The number of ether oxygens (including phenoxy) is 2. The number of aryl methyl sites for hydroxylation is 1. The molecule has 0 aliphatic heterocycles. The molecule has 19 heavy (non-hydrogen) atoms. The minimum atomic E-state index is -0.153. The summed E-state index contributed by atoms with van der Waals surface area (Å²) in [6.45, 7) is 0. The fourth-order valence-electron chi connectivity index (χ4n) is 1.77. The number of aromatic nitrogens is 2. The van der Waals surface area contributed by atoms with E-state index in [1.807, 2.05) is 0 Å². The number of hydrogen-bond donors (Lipinski definition) is 0. The number of hydrogen-bond acceptors (Lipinski definition) is 4. The van der Waals surface area contributed by atoms with Gasteiger partial charge in [0.1, 0.15) is 5.75 Å². The van der Waals surface area contributed by atoms with Gasteiger partial charge in [0.05, 0.1) is 24.9 Å². The Hall–Kier alpha value is -1.82. The van der Waals surface area contributed by atoms with Gasteiger partial charge in [-0.2, -0.15) is 5.10 Å². The fraction of sp³-hybridized carbons (Fsp3) is 0.231. The van der Waals surface area contributed by atoms with Gasteiger partial charge in [-0.3, -0.25) is 9.48 Å². The SMILES string of the molecule is COc1ccc(C(=O)c2c(OC)cnn2C)cc1Br. The van der Waals surface area contributed by atoms with Crippen molar-refractivity contribution in [1.29, 1.82) is 0 Å². The van der Waals surface area contributed by atoms with Crippen molar-refractivity contribution in [1.82, 2.24) is 9.78 Å². The van der Waals surface area contributed by atoms with E-state index in [0.29, 0.717) is 22.8 Å². The molecule has 1 aromatic heterocycles. The Kier molecular flexibility index (Phi) is 3.90. The summed E-state index contributed by atoms with van der Waals surface area (Å²) in [5.41, 5.74) is 0.953. The van der Waals surface area contributed by atoms with Gasteiger partial charge in [0, 0.05) is 12.6 Å². The van der Waals surface area contributed by atoms with Gasteiger partial charge in [0.25, 0.3) is 0 Å². The maximum absolute atomic E-state index is 12.5. The number of halogens is 1. The largest absolute Gasteiger partial charge is 0.496 e. The van der Waals surface area contributed by atoms with Crippen molar-refractivity contribution in [3.05, 3.63) is 40.1 Å². The van der Waals surface area contributed by atoms with Crippen LogP contribution < -0.4 is 9.47 Å². The quantitative estimate of drug-likeness (QED) is 0.810. The van der Waals surface area contributed by atoms with Crippen LogP contribution in [0.5, 0.6) is 11.5 Å². The predicted octanol–water partition coefficient (Wildman–Crippen LogP) is 2.43. The van der Waals surface area contributed by atoms with Crippen molar-refractivity contribution in [2.75, 3.05) is 14.2 Å². The summed E-state index contributed by atoms with van der Waals surface area (Å²) < 4.78 is 12.5. The molecule has 0 aliphatic carbocycles. The van der Waals surface area contributed by atoms with Crippen molar-refractivity contribution >= 4 is 21.7 Å².